The van der Waals surface area contributed by atoms with Gasteiger partial charge in [0.2, 0.25) is 0 Å². The Kier molecular flexibility index (Phi) is 6.34. The molecule has 0 amide bonds. The monoisotopic (exact) mass is 299 g/mol. The van der Waals surface area contributed by atoms with E-state index in [0.717, 1.165) is 18.7 Å². The number of aryl methyl sites for hydroxylation is 2. The van der Waals surface area contributed by atoms with Gasteiger partial charge in [0.1, 0.15) is 0 Å². The summed E-state index contributed by atoms with van der Waals surface area (Å²) >= 11 is 1.94. The highest BCUT2D eigenvalue weighted by Gasteiger charge is 2.11. The Morgan fingerprint density at radius 3 is 2.57 bits per heavy atom. The number of nitrogens with one attached hydrogen (secondary N) is 1. The van der Waals surface area contributed by atoms with Crippen molar-refractivity contribution in [2.75, 3.05) is 12.3 Å². The second kappa shape index (κ2) is 8.26. The van der Waals surface area contributed by atoms with E-state index >= 15 is 0 Å². The van der Waals surface area contributed by atoms with Gasteiger partial charge in [-0.15, -0.1) is 11.8 Å². The smallest absolute Gasteiger partial charge is 0.0415 e. The Hall–Kier alpha value is -1.25. The summed E-state index contributed by atoms with van der Waals surface area (Å²) < 4.78 is 0. The van der Waals surface area contributed by atoms with Crippen LogP contribution in [0.2, 0.25) is 0 Å². The van der Waals surface area contributed by atoms with Crippen molar-refractivity contribution in [2.45, 2.75) is 38.1 Å². The first-order valence-electron chi connectivity index (χ1n) is 7.75. The first-order valence-corrected chi connectivity index (χ1v) is 8.73. The lowest BCUT2D eigenvalue weighted by atomic mass is 10.0. The summed E-state index contributed by atoms with van der Waals surface area (Å²) in [7, 11) is 0. The predicted molar refractivity (Wildman–Crippen MR) is 94.1 cm³/mol. The molecule has 1 atom stereocenters. The van der Waals surface area contributed by atoms with Gasteiger partial charge in [-0.25, -0.2) is 0 Å². The minimum atomic E-state index is 0.408. The molecule has 112 valence electrons. The molecule has 2 aromatic rings. The number of thioether (sulfide) groups is 1. The lowest BCUT2D eigenvalue weighted by Gasteiger charge is -2.19. The van der Waals surface area contributed by atoms with Crippen molar-refractivity contribution in [3.05, 3.63) is 65.2 Å². The molecule has 0 radical (unpaired) electrons. The zero-order valence-corrected chi connectivity index (χ0v) is 14.0. The van der Waals surface area contributed by atoms with Crippen molar-refractivity contribution < 1.29 is 0 Å². The second-order valence-corrected chi connectivity index (χ2v) is 6.35. The van der Waals surface area contributed by atoms with Crippen LogP contribution >= 0.6 is 11.8 Å². The molecule has 0 heterocycles. The van der Waals surface area contributed by atoms with Gasteiger partial charge < -0.3 is 5.32 Å². The summed E-state index contributed by atoms with van der Waals surface area (Å²) in [5.41, 5.74) is 4.17. The summed E-state index contributed by atoms with van der Waals surface area (Å²) in [6.45, 7) is 7.57. The molecular formula is C19H25NS. The van der Waals surface area contributed by atoms with Crippen LogP contribution in [0.1, 0.15) is 36.6 Å². The van der Waals surface area contributed by atoms with Crippen molar-refractivity contribution in [1.82, 2.24) is 5.32 Å². The van der Waals surface area contributed by atoms with Crippen molar-refractivity contribution in [3.8, 4) is 0 Å². The third-order valence-electron chi connectivity index (χ3n) is 3.71. The van der Waals surface area contributed by atoms with E-state index < -0.39 is 0 Å². The summed E-state index contributed by atoms with van der Waals surface area (Å²) in [4.78, 5) is 1.38. The van der Waals surface area contributed by atoms with Gasteiger partial charge in [-0.1, -0.05) is 56.3 Å². The number of benzene rings is 2. The molecule has 2 aromatic carbocycles. The summed E-state index contributed by atoms with van der Waals surface area (Å²) in [6.07, 6.45) is 1.09. The highest BCUT2D eigenvalue weighted by Crippen LogP contribution is 2.27. The third kappa shape index (κ3) is 4.62. The molecule has 0 aliphatic carbocycles. The Morgan fingerprint density at radius 1 is 1.05 bits per heavy atom. The summed E-state index contributed by atoms with van der Waals surface area (Å²) in [5, 5.41) is 3.62. The van der Waals surface area contributed by atoms with E-state index in [1.807, 2.05) is 11.8 Å². The topological polar surface area (TPSA) is 12.0 Å². The molecule has 0 spiro atoms. The molecule has 2 rings (SSSR count). The molecule has 0 aromatic heterocycles. The fourth-order valence-electron chi connectivity index (χ4n) is 2.44. The highest BCUT2D eigenvalue weighted by molar-refractivity contribution is 7.99. The maximum atomic E-state index is 3.62. The first kappa shape index (κ1) is 16.1. The van der Waals surface area contributed by atoms with Gasteiger partial charge in [-0.2, -0.15) is 0 Å². The zero-order valence-electron chi connectivity index (χ0n) is 13.2. The fourth-order valence-corrected chi connectivity index (χ4v) is 3.57. The Balaban J connectivity index is 2.10. The molecule has 0 bridgehead atoms. The molecule has 1 unspecified atom stereocenters. The largest absolute Gasteiger partial charge is 0.309 e. The lowest BCUT2D eigenvalue weighted by molar-refractivity contribution is 0.605. The maximum Gasteiger partial charge on any atom is 0.0415 e. The Labute approximate surface area is 133 Å². The molecular weight excluding hydrogens is 274 g/mol. The molecule has 2 heteroatoms. The second-order valence-electron chi connectivity index (χ2n) is 5.29. The molecule has 0 saturated heterocycles. The molecule has 21 heavy (non-hydrogen) atoms. The quantitative estimate of drug-likeness (QED) is 0.722. The van der Waals surface area contributed by atoms with Gasteiger partial charge in [0.15, 0.2) is 0 Å². The predicted octanol–water partition coefficient (Wildman–Crippen LogP) is 5.00. The normalized spacial score (nSPS) is 12.3. The van der Waals surface area contributed by atoms with E-state index in [1.165, 1.54) is 21.6 Å². The average Bonchev–Trinajstić information content (AvgIpc) is 2.53. The van der Waals surface area contributed by atoms with Crippen LogP contribution in [0.25, 0.3) is 0 Å². The Bertz CT molecular complexity index is 565. The SMILES string of the molecule is CCNC(CSc1ccccc1C)c1cccc(CC)c1. The summed E-state index contributed by atoms with van der Waals surface area (Å²) in [5.74, 6) is 1.06. The standard InChI is InChI=1S/C19H25NS/c1-4-16-10-8-11-17(13-16)18(20-5-2)14-21-19-12-7-6-9-15(19)3/h6-13,18,20H,4-5,14H2,1-3H3. The van der Waals surface area contributed by atoms with E-state index in [2.05, 4.69) is 74.6 Å². The molecule has 0 saturated carbocycles. The van der Waals surface area contributed by atoms with Gasteiger partial charge in [0, 0.05) is 16.7 Å². The van der Waals surface area contributed by atoms with E-state index in [-0.39, 0.29) is 0 Å². The zero-order chi connectivity index (χ0) is 15.1. The van der Waals surface area contributed by atoms with E-state index in [4.69, 9.17) is 0 Å². The molecule has 1 N–H and O–H groups in total. The molecule has 0 aliphatic heterocycles. The van der Waals surface area contributed by atoms with Crippen LogP contribution in [0, 0.1) is 6.92 Å². The van der Waals surface area contributed by atoms with Crippen LogP contribution in [0.15, 0.2) is 53.4 Å². The first-order chi connectivity index (χ1) is 10.2. The lowest BCUT2D eigenvalue weighted by Crippen LogP contribution is -2.23. The van der Waals surface area contributed by atoms with Crippen LogP contribution in [0.4, 0.5) is 0 Å². The number of hydrogen-bond acceptors (Lipinski definition) is 2. The fraction of sp³-hybridized carbons (Fsp3) is 0.368. The van der Waals surface area contributed by atoms with Crippen molar-refractivity contribution in [1.29, 1.82) is 0 Å². The van der Waals surface area contributed by atoms with Crippen LogP contribution < -0.4 is 5.32 Å². The van der Waals surface area contributed by atoms with Crippen LogP contribution in [0.3, 0.4) is 0 Å². The number of hydrogen-bond donors (Lipinski definition) is 1. The van der Waals surface area contributed by atoms with Crippen molar-refractivity contribution >= 4 is 11.8 Å². The number of rotatable bonds is 7. The minimum Gasteiger partial charge on any atom is -0.309 e. The molecule has 1 nitrogen and oxygen atoms in total. The highest BCUT2D eigenvalue weighted by atomic mass is 32.2. The van der Waals surface area contributed by atoms with Gasteiger partial charge in [0.05, 0.1) is 0 Å². The van der Waals surface area contributed by atoms with Gasteiger partial charge in [-0.05, 0) is 42.6 Å². The average molecular weight is 299 g/mol. The van der Waals surface area contributed by atoms with Crippen LogP contribution in [-0.4, -0.2) is 12.3 Å². The molecule has 0 fully saturated rings. The minimum absolute atomic E-state index is 0.408. The van der Waals surface area contributed by atoms with Gasteiger partial charge in [0.25, 0.3) is 0 Å². The molecule has 0 aliphatic rings. The van der Waals surface area contributed by atoms with Crippen LogP contribution in [-0.2, 0) is 6.42 Å². The van der Waals surface area contributed by atoms with E-state index in [9.17, 15) is 0 Å². The van der Waals surface area contributed by atoms with E-state index in [0.29, 0.717) is 6.04 Å². The third-order valence-corrected chi connectivity index (χ3v) is 4.98. The maximum absolute atomic E-state index is 3.62. The van der Waals surface area contributed by atoms with Crippen molar-refractivity contribution in [3.63, 3.8) is 0 Å². The Morgan fingerprint density at radius 2 is 1.86 bits per heavy atom. The van der Waals surface area contributed by atoms with Crippen molar-refractivity contribution in [2.24, 2.45) is 0 Å². The summed E-state index contributed by atoms with van der Waals surface area (Å²) in [6, 6.07) is 18.0. The van der Waals surface area contributed by atoms with Gasteiger partial charge in [-0.3, -0.25) is 0 Å². The van der Waals surface area contributed by atoms with Gasteiger partial charge >= 0.3 is 0 Å². The van der Waals surface area contributed by atoms with E-state index in [1.54, 1.807) is 0 Å². The van der Waals surface area contributed by atoms with Crippen LogP contribution in [0.5, 0.6) is 0 Å².